The lowest BCUT2D eigenvalue weighted by molar-refractivity contribution is -0.0377. The maximum absolute atomic E-state index is 5.95. The molecule has 0 unspecified atom stereocenters. The number of hydrogen-bond acceptors (Lipinski definition) is 3. The second kappa shape index (κ2) is 15.9. The quantitative estimate of drug-likeness (QED) is 0.262. The van der Waals surface area contributed by atoms with E-state index in [2.05, 4.69) is 13.8 Å². The Hall–Kier alpha value is -0.960. The Morgan fingerprint density at radius 2 is 1.30 bits per heavy atom. The van der Waals surface area contributed by atoms with Gasteiger partial charge in [0.05, 0.1) is 37.8 Å². The maximum Gasteiger partial charge on any atom is 0.0984 e. The molecule has 0 saturated heterocycles. The first kappa shape index (κ1) is 22.0. The molecule has 3 nitrogen and oxygen atoms in total. The Kier molecular flexibility index (Phi) is 15.3. The largest absolute Gasteiger partial charge is 0.501 e. The molecule has 0 heterocycles. The van der Waals surface area contributed by atoms with Crippen molar-refractivity contribution < 1.29 is 14.2 Å². The normalized spacial score (nSPS) is 12.3. The standard InChI is InChI=1S/C20H38O3/c1-5-9-10-11-12-13-16-23-19-20(8-4,17-21-14-6-2)18-22-15-7-3/h6-7,14-15H,5,8-13,16-19H2,1-4H3/b14-6+,15-7+. The van der Waals surface area contributed by atoms with Gasteiger partial charge in [-0.2, -0.15) is 0 Å². The smallest absolute Gasteiger partial charge is 0.0984 e. The third-order valence-corrected chi connectivity index (χ3v) is 4.04. The molecular formula is C20H38O3. The number of hydrogen-bond donors (Lipinski definition) is 0. The van der Waals surface area contributed by atoms with Crippen LogP contribution in [-0.2, 0) is 14.2 Å². The van der Waals surface area contributed by atoms with Gasteiger partial charge in [0.2, 0.25) is 0 Å². The summed E-state index contributed by atoms with van der Waals surface area (Å²) in [5, 5.41) is 0. The Morgan fingerprint density at radius 3 is 1.83 bits per heavy atom. The van der Waals surface area contributed by atoms with Crippen LogP contribution in [0.1, 0.15) is 72.6 Å². The van der Waals surface area contributed by atoms with E-state index in [1.54, 1.807) is 12.5 Å². The van der Waals surface area contributed by atoms with E-state index in [0.29, 0.717) is 19.8 Å². The molecule has 0 aliphatic carbocycles. The lowest BCUT2D eigenvalue weighted by atomic mass is 9.88. The van der Waals surface area contributed by atoms with Crippen LogP contribution in [0.25, 0.3) is 0 Å². The average Bonchev–Trinajstić information content (AvgIpc) is 2.57. The molecule has 136 valence electrons. The number of rotatable bonds is 16. The zero-order chi connectivity index (χ0) is 17.2. The maximum atomic E-state index is 5.95. The summed E-state index contributed by atoms with van der Waals surface area (Å²) in [6.45, 7) is 11.1. The van der Waals surface area contributed by atoms with Crippen LogP contribution >= 0.6 is 0 Å². The Morgan fingerprint density at radius 1 is 0.739 bits per heavy atom. The van der Waals surface area contributed by atoms with Gasteiger partial charge in [0.1, 0.15) is 0 Å². The van der Waals surface area contributed by atoms with Crippen LogP contribution < -0.4 is 0 Å². The van der Waals surface area contributed by atoms with Crippen molar-refractivity contribution in [3.8, 4) is 0 Å². The van der Waals surface area contributed by atoms with Gasteiger partial charge in [-0.15, -0.1) is 0 Å². The minimum Gasteiger partial charge on any atom is -0.501 e. The molecule has 0 bridgehead atoms. The Labute approximate surface area is 144 Å². The number of ether oxygens (including phenoxy) is 3. The second-order valence-corrected chi connectivity index (χ2v) is 6.23. The summed E-state index contributed by atoms with van der Waals surface area (Å²) in [4.78, 5) is 0. The summed E-state index contributed by atoms with van der Waals surface area (Å²) in [5.74, 6) is 0. The molecule has 0 aliphatic rings. The molecule has 0 saturated carbocycles. The summed E-state index contributed by atoms with van der Waals surface area (Å²) in [5.41, 5.74) is -0.0821. The van der Waals surface area contributed by atoms with Crippen molar-refractivity contribution in [2.45, 2.75) is 72.6 Å². The molecule has 0 atom stereocenters. The fraction of sp³-hybridized carbons (Fsp3) is 0.800. The first-order valence-electron chi connectivity index (χ1n) is 9.28. The lowest BCUT2D eigenvalue weighted by Gasteiger charge is -2.31. The highest BCUT2D eigenvalue weighted by atomic mass is 16.5. The van der Waals surface area contributed by atoms with E-state index in [1.165, 1.54) is 32.1 Å². The first-order valence-corrected chi connectivity index (χ1v) is 9.28. The minimum atomic E-state index is -0.0821. The van der Waals surface area contributed by atoms with Crippen LogP contribution in [0.3, 0.4) is 0 Å². The summed E-state index contributed by atoms with van der Waals surface area (Å²) in [6, 6.07) is 0. The highest BCUT2D eigenvalue weighted by molar-refractivity contribution is 4.81. The molecule has 23 heavy (non-hydrogen) atoms. The second-order valence-electron chi connectivity index (χ2n) is 6.23. The van der Waals surface area contributed by atoms with Gasteiger partial charge in [0, 0.05) is 6.61 Å². The molecule has 0 rings (SSSR count). The molecule has 0 spiro atoms. The zero-order valence-corrected chi connectivity index (χ0v) is 15.8. The molecular weight excluding hydrogens is 288 g/mol. The highest BCUT2D eigenvalue weighted by Crippen LogP contribution is 2.24. The Bertz CT molecular complexity index is 281. The van der Waals surface area contributed by atoms with Crippen LogP contribution in [0.5, 0.6) is 0 Å². The first-order chi connectivity index (χ1) is 11.2. The summed E-state index contributed by atoms with van der Waals surface area (Å²) < 4.78 is 17.2. The predicted octanol–water partition coefficient (Wildman–Crippen LogP) is 5.86. The SMILES string of the molecule is C/C=C/OCC(CC)(CO/C=C/C)COCCCCCCCC. The molecule has 0 aliphatic heterocycles. The van der Waals surface area contributed by atoms with Crippen LogP contribution in [0.15, 0.2) is 24.7 Å². The fourth-order valence-electron chi connectivity index (χ4n) is 2.35. The van der Waals surface area contributed by atoms with E-state index < -0.39 is 0 Å². The van der Waals surface area contributed by atoms with Gasteiger partial charge in [0.15, 0.2) is 0 Å². The minimum absolute atomic E-state index is 0.0821. The van der Waals surface area contributed by atoms with Gasteiger partial charge in [-0.1, -0.05) is 58.1 Å². The third kappa shape index (κ3) is 12.2. The molecule has 3 heteroatoms. The molecule has 0 amide bonds. The van der Waals surface area contributed by atoms with Gasteiger partial charge in [0.25, 0.3) is 0 Å². The van der Waals surface area contributed by atoms with E-state index in [9.17, 15) is 0 Å². The summed E-state index contributed by atoms with van der Waals surface area (Å²) in [6.07, 6.45) is 16.0. The van der Waals surface area contributed by atoms with Crippen molar-refractivity contribution in [2.75, 3.05) is 26.4 Å². The van der Waals surface area contributed by atoms with Crippen molar-refractivity contribution >= 4 is 0 Å². The zero-order valence-electron chi connectivity index (χ0n) is 15.8. The van der Waals surface area contributed by atoms with E-state index in [0.717, 1.165) is 19.4 Å². The van der Waals surface area contributed by atoms with E-state index in [4.69, 9.17) is 14.2 Å². The van der Waals surface area contributed by atoms with Crippen LogP contribution in [-0.4, -0.2) is 26.4 Å². The van der Waals surface area contributed by atoms with Crippen molar-refractivity contribution in [3.05, 3.63) is 24.7 Å². The predicted molar refractivity (Wildman–Crippen MR) is 98.5 cm³/mol. The van der Waals surface area contributed by atoms with Crippen LogP contribution in [0, 0.1) is 5.41 Å². The molecule has 0 fully saturated rings. The van der Waals surface area contributed by atoms with Gasteiger partial charge in [-0.3, -0.25) is 0 Å². The third-order valence-electron chi connectivity index (χ3n) is 4.04. The molecule has 0 radical (unpaired) electrons. The van der Waals surface area contributed by atoms with Crippen molar-refractivity contribution in [3.63, 3.8) is 0 Å². The molecule has 0 aromatic carbocycles. The van der Waals surface area contributed by atoms with Gasteiger partial charge < -0.3 is 14.2 Å². The van der Waals surface area contributed by atoms with E-state index in [-0.39, 0.29) is 5.41 Å². The Balaban J connectivity index is 4.11. The van der Waals surface area contributed by atoms with Crippen LogP contribution in [0.4, 0.5) is 0 Å². The van der Waals surface area contributed by atoms with Gasteiger partial charge in [-0.05, 0) is 26.7 Å². The van der Waals surface area contributed by atoms with Crippen molar-refractivity contribution in [1.82, 2.24) is 0 Å². The van der Waals surface area contributed by atoms with Crippen molar-refractivity contribution in [2.24, 2.45) is 5.41 Å². The van der Waals surface area contributed by atoms with E-state index >= 15 is 0 Å². The lowest BCUT2D eigenvalue weighted by Crippen LogP contribution is -2.36. The topological polar surface area (TPSA) is 27.7 Å². The van der Waals surface area contributed by atoms with Gasteiger partial charge in [-0.25, -0.2) is 0 Å². The molecule has 0 aromatic rings. The highest BCUT2D eigenvalue weighted by Gasteiger charge is 2.30. The monoisotopic (exact) mass is 326 g/mol. The number of unbranched alkanes of at least 4 members (excludes halogenated alkanes) is 5. The van der Waals surface area contributed by atoms with Crippen molar-refractivity contribution in [1.29, 1.82) is 0 Å². The summed E-state index contributed by atoms with van der Waals surface area (Å²) in [7, 11) is 0. The average molecular weight is 327 g/mol. The molecule has 0 aromatic heterocycles. The van der Waals surface area contributed by atoms with Gasteiger partial charge >= 0.3 is 0 Å². The number of allylic oxidation sites excluding steroid dienone is 2. The molecule has 0 N–H and O–H groups in total. The summed E-state index contributed by atoms with van der Waals surface area (Å²) >= 11 is 0. The van der Waals surface area contributed by atoms with E-state index in [1.807, 2.05) is 26.0 Å². The van der Waals surface area contributed by atoms with Crippen LogP contribution in [0.2, 0.25) is 0 Å². The fourth-order valence-corrected chi connectivity index (χ4v) is 2.35.